The molecule has 0 rings (SSSR count). The van der Waals surface area contributed by atoms with Gasteiger partial charge in [-0.3, -0.25) is 14.4 Å². The largest absolute Gasteiger partial charge is 0.462 e. The molecule has 358 valence electrons. The van der Waals surface area contributed by atoms with E-state index in [4.69, 9.17) is 14.2 Å². The second-order valence-corrected chi connectivity index (χ2v) is 16.7. The van der Waals surface area contributed by atoms with E-state index in [2.05, 4.69) is 118 Å². The van der Waals surface area contributed by atoms with Gasteiger partial charge in [-0.2, -0.15) is 0 Å². The Balaban J connectivity index is 4.35. The number of allylic oxidation sites excluding steroid dienone is 16. The summed E-state index contributed by atoms with van der Waals surface area (Å²) in [4.78, 5) is 37.8. The summed E-state index contributed by atoms with van der Waals surface area (Å²) in [7, 11) is 0. The van der Waals surface area contributed by atoms with Crippen LogP contribution in [0.3, 0.4) is 0 Å². The highest BCUT2D eigenvalue weighted by molar-refractivity contribution is 5.71. The van der Waals surface area contributed by atoms with Crippen LogP contribution in [0.15, 0.2) is 97.2 Å². The van der Waals surface area contributed by atoms with Gasteiger partial charge in [0.1, 0.15) is 13.2 Å². The molecule has 0 aliphatic heterocycles. The van der Waals surface area contributed by atoms with Crippen LogP contribution in [-0.2, 0) is 28.6 Å². The highest BCUT2D eigenvalue weighted by Gasteiger charge is 2.19. The van der Waals surface area contributed by atoms with Gasteiger partial charge in [0, 0.05) is 19.3 Å². The van der Waals surface area contributed by atoms with Crippen molar-refractivity contribution < 1.29 is 28.6 Å². The van der Waals surface area contributed by atoms with Gasteiger partial charge in [-0.05, 0) is 96.3 Å². The first-order chi connectivity index (χ1) is 31.0. The number of ether oxygens (including phenoxy) is 3. The van der Waals surface area contributed by atoms with Gasteiger partial charge in [0.05, 0.1) is 0 Å². The Kier molecular flexibility index (Phi) is 48.0. The lowest BCUT2D eigenvalue weighted by molar-refractivity contribution is -0.167. The lowest BCUT2D eigenvalue weighted by Crippen LogP contribution is -2.30. The van der Waals surface area contributed by atoms with Crippen molar-refractivity contribution in [2.24, 2.45) is 0 Å². The molecule has 1 atom stereocenters. The molecule has 1 unspecified atom stereocenters. The van der Waals surface area contributed by atoms with Crippen molar-refractivity contribution in [2.75, 3.05) is 13.2 Å². The molecule has 0 bridgehead atoms. The zero-order valence-electron chi connectivity index (χ0n) is 40.8. The van der Waals surface area contributed by atoms with Crippen LogP contribution in [-0.4, -0.2) is 37.2 Å². The number of unbranched alkanes of at least 4 members (excludes halogenated alkanes) is 18. The first-order valence-corrected chi connectivity index (χ1v) is 25.7. The minimum atomic E-state index is -0.793. The minimum absolute atomic E-state index is 0.0917. The maximum absolute atomic E-state index is 12.8. The number of carbonyl (C=O) groups excluding carboxylic acids is 3. The summed E-state index contributed by atoms with van der Waals surface area (Å²) in [5, 5.41) is 0. The molecule has 0 saturated carbocycles. The smallest absolute Gasteiger partial charge is 0.306 e. The standard InChI is InChI=1S/C57H94O6/c1-4-7-10-13-16-19-21-23-25-26-27-28-29-30-31-32-33-35-36-38-41-44-47-50-56(59)62-53-54(52-61-55(58)49-46-43-40-18-15-12-9-6-3)63-57(60)51-48-45-42-39-37-34-24-22-20-17-14-11-8-5-2/h7,10,14,16-17,19,22-25,27-28,30-31,33,35,54H,4-6,8-9,11-13,15,18,20-21,26,29,32,34,36-53H2,1-3H3/b10-7-,17-14-,19-16-,24-22-,25-23-,28-27-,31-30-,35-33-. The molecule has 0 amide bonds. The average Bonchev–Trinajstić information content (AvgIpc) is 3.28. The summed E-state index contributed by atoms with van der Waals surface area (Å²) in [5.41, 5.74) is 0. The van der Waals surface area contributed by atoms with E-state index < -0.39 is 6.10 Å². The topological polar surface area (TPSA) is 78.9 Å². The van der Waals surface area contributed by atoms with Gasteiger partial charge < -0.3 is 14.2 Å². The van der Waals surface area contributed by atoms with E-state index in [0.717, 1.165) is 135 Å². The van der Waals surface area contributed by atoms with E-state index in [1.807, 2.05) is 0 Å². The van der Waals surface area contributed by atoms with Gasteiger partial charge in [-0.25, -0.2) is 0 Å². The molecular formula is C57H94O6. The zero-order valence-corrected chi connectivity index (χ0v) is 40.8. The fourth-order valence-corrected chi connectivity index (χ4v) is 6.70. The minimum Gasteiger partial charge on any atom is -0.462 e. The molecule has 0 aromatic heterocycles. The third kappa shape index (κ3) is 49.2. The lowest BCUT2D eigenvalue weighted by atomic mass is 10.1. The van der Waals surface area contributed by atoms with E-state index in [0.29, 0.717) is 19.3 Å². The maximum atomic E-state index is 12.8. The summed E-state index contributed by atoms with van der Waals surface area (Å²) in [5.74, 6) is -0.941. The van der Waals surface area contributed by atoms with Crippen molar-refractivity contribution in [3.8, 4) is 0 Å². The molecule has 63 heavy (non-hydrogen) atoms. The molecule has 0 aliphatic rings. The van der Waals surface area contributed by atoms with Crippen LogP contribution in [0.1, 0.15) is 226 Å². The predicted molar refractivity (Wildman–Crippen MR) is 270 cm³/mol. The highest BCUT2D eigenvalue weighted by Crippen LogP contribution is 2.13. The average molecular weight is 875 g/mol. The summed E-state index contributed by atoms with van der Waals surface area (Å²) < 4.78 is 16.7. The molecule has 0 aromatic carbocycles. The number of carbonyl (C=O) groups is 3. The normalized spacial score (nSPS) is 12.9. The van der Waals surface area contributed by atoms with Gasteiger partial charge in [0.25, 0.3) is 0 Å². The summed E-state index contributed by atoms with van der Waals surface area (Å²) >= 11 is 0. The third-order valence-electron chi connectivity index (χ3n) is 10.6. The Morgan fingerprint density at radius 2 is 0.635 bits per heavy atom. The summed E-state index contributed by atoms with van der Waals surface area (Å²) in [6.45, 7) is 6.41. The zero-order chi connectivity index (χ0) is 45.8. The molecular weight excluding hydrogens is 781 g/mol. The second-order valence-electron chi connectivity index (χ2n) is 16.7. The molecule has 6 nitrogen and oxygen atoms in total. The molecule has 0 N–H and O–H groups in total. The molecule has 6 heteroatoms. The molecule has 0 aliphatic carbocycles. The van der Waals surface area contributed by atoms with E-state index in [1.54, 1.807) is 0 Å². The molecule has 0 aromatic rings. The fourth-order valence-electron chi connectivity index (χ4n) is 6.70. The van der Waals surface area contributed by atoms with Crippen LogP contribution in [0.2, 0.25) is 0 Å². The third-order valence-corrected chi connectivity index (χ3v) is 10.6. The van der Waals surface area contributed by atoms with Gasteiger partial charge in [-0.15, -0.1) is 0 Å². The quantitative estimate of drug-likeness (QED) is 0.0262. The van der Waals surface area contributed by atoms with E-state index in [-0.39, 0.29) is 31.1 Å². The molecule has 0 radical (unpaired) electrons. The van der Waals surface area contributed by atoms with Crippen LogP contribution in [0.4, 0.5) is 0 Å². The Bertz CT molecular complexity index is 1280. The second kappa shape index (κ2) is 51.0. The van der Waals surface area contributed by atoms with Crippen molar-refractivity contribution in [1.29, 1.82) is 0 Å². The Hall–Kier alpha value is -3.67. The van der Waals surface area contributed by atoms with E-state index >= 15 is 0 Å². The molecule has 0 spiro atoms. The maximum Gasteiger partial charge on any atom is 0.306 e. The first kappa shape index (κ1) is 59.3. The van der Waals surface area contributed by atoms with Gasteiger partial charge in [-0.1, -0.05) is 208 Å². The number of esters is 3. The Morgan fingerprint density at radius 1 is 0.333 bits per heavy atom. The SMILES string of the molecule is CC/C=C\C/C=C\C/C=C\C/C=C\C/C=C\C/C=C\CCCCCCC(=O)OCC(COC(=O)CCCCCCCCCC)OC(=O)CCCCCCC/C=C\C/C=C\CCCC. The number of hydrogen-bond acceptors (Lipinski definition) is 6. The van der Waals surface area contributed by atoms with Crippen molar-refractivity contribution in [1.82, 2.24) is 0 Å². The van der Waals surface area contributed by atoms with Gasteiger partial charge >= 0.3 is 17.9 Å². The summed E-state index contributed by atoms with van der Waals surface area (Å²) in [6, 6.07) is 0. The number of hydrogen-bond donors (Lipinski definition) is 0. The van der Waals surface area contributed by atoms with Crippen LogP contribution >= 0.6 is 0 Å². The number of rotatable bonds is 45. The van der Waals surface area contributed by atoms with Crippen LogP contribution in [0, 0.1) is 0 Å². The van der Waals surface area contributed by atoms with Gasteiger partial charge in [0.15, 0.2) is 6.10 Å². The Morgan fingerprint density at radius 3 is 1.02 bits per heavy atom. The van der Waals surface area contributed by atoms with E-state index in [1.165, 1.54) is 51.4 Å². The monoisotopic (exact) mass is 875 g/mol. The van der Waals surface area contributed by atoms with Crippen molar-refractivity contribution in [2.45, 2.75) is 232 Å². The molecule has 0 fully saturated rings. The van der Waals surface area contributed by atoms with Crippen LogP contribution in [0.25, 0.3) is 0 Å². The molecule has 0 saturated heterocycles. The van der Waals surface area contributed by atoms with Crippen molar-refractivity contribution >= 4 is 17.9 Å². The van der Waals surface area contributed by atoms with Crippen molar-refractivity contribution in [3.63, 3.8) is 0 Å². The van der Waals surface area contributed by atoms with Crippen LogP contribution in [0.5, 0.6) is 0 Å². The summed E-state index contributed by atoms with van der Waals surface area (Å²) in [6.07, 6.45) is 66.8. The lowest BCUT2D eigenvalue weighted by Gasteiger charge is -2.18. The van der Waals surface area contributed by atoms with Crippen LogP contribution < -0.4 is 0 Å². The predicted octanol–water partition coefficient (Wildman–Crippen LogP) is 17.0. The fraction of sp³-hybridized carbons (Fsp3) is 0.667. The highest BCUT2D eigenvalue weighted by atomic mass is 16.6. The van der Waals surface area contributed by atoms with Crippen molar-refractivity contribution in [3.05, 3.63) is 97.2 Å². The first-order valence-electron chi connectivity index (χ1n) is 25.7. The van der Waals surface area contributed by atoms with E-state index in [9.17, 15) is 14.4 Å². The van der Waals surface area contributed by atoms with Gasteiger partial charge in [0.2, 0.25) is 0 Å². The molecule has 0 heterocycles. The Labute approximate surface area is 387 Å².